The Hall–Kier alpha value is -1.29. The molecule has 1 aromatic rings. The number of nitrogens with zero attached hydrogens (tertiary/aromatic N) is 1. The second kappa shape index (κ2) is 3.94. The second-order valence-electron chi connectivity index (χ2n) is 4.75. The Kier molecular flexibility index (Phi) is 2.76. The maximum absolute atomic E-state index is 12.1. The molecule has 0 saturated carbocycles. The first-order valence-corrected chi connectivity index (χ1v) is 5.48. The fourth-order valence-corrected chi connectivity index (χ4v) is 1.90. The molecular formula is C12H17NO3. The van der Waals surface area contributed by atoms with Crippen molar-refractivity contribution in [2.45, 2.75) is 26.4 Å². The molecule has 1 aliphatic rings. The molecule has 1 aliphatic heterocycles. The summed E-state index contributed by atoms with van der Waals surface area (Å²) in [6.07, 6.45) is 0. The minimum absolute atomic E-state index is 0.0514. The molecule has 16 heavy (non-hydrogen) atoms. The lowest BCUT2D eigenvalue weighted by Gasteiger charge is -2.37. The molecule has 0 atom stereocenters. The van der Waals surface area contributed by atoms with E-state index in [1.54, 1.807) is 17.0 Å². The second-order valence-corrected chi connectivity index (χ2v) is 4.75. The highest BCUT2D eigenvalue weighted by Crippen LogP contribution is 2.19. The summed E-state index contributed by atoms with van der Waals surface area (Å²) in [5, 5.41) is 0. The van der Waals surface area contributed by atoms with Crippen LogP contribution in [0.5, 0.6) is 0 Å². The van der Waals surface area contributed by atoms with E-state index >= 15 is 0 Å². The van der Waals surface area contributed by atoms with Crippen LogP contribution >= 0.6 is 0 Å². The number of morpholine rings is 1. The molecule has 4 nitrogen and oxygen atoms in total. The molecule has 0 radical (unpaired) electrons. The number of amides is 1. The van der Waals surface area contributed by atoms with Crippen LogP contribution in [0.2, 0.25) is 0 Å². The maximum Gasteiger partial charge on any atom is 0.289 e. The molecule has 88 valence electrons. The van der Waals surface area contributed by atoms with Crippen LogP contribution in [0.15, 0.2) is 16.5 Å². The van der Waals surface area contributed by atoms with Crippen molar-refractivity contribution in [1.29, 1.82) is 0 Å². The third-order valence-electron chi connectivity index (χ3n) is 2.66. The summed E-state index contributed by atoms with van der Waals surface area (Å²) < 4.78 is 10.9. The molecule has 0 aromatic carbocycles. The summed E-state index contributed by atoms with van der Waals surface area (Å²) in [7, 11) is 0. The number of aryl methyl sites for hydroxylation is 1. The Morgan fingerprint density at radius 1 is 1.44 bits per heavy atom. The summed E-state index contributed by atoms with van der Waals surface area (Å²) in [6, 6.07) is 3.53. The third kappa shape index (κ3) is 2.27. The first-order valence-electron chi connectivity index (χ1n) is 5.48. The first-order chi connectivity index (χ1) is 7.48. The van der Waals surface area contributed by atoms with Gasteiger partial charge in [-0.15, -0.1) is 0 Å². The van der Waals surface area contributed by atoms with E-state index in [2.05, 4.69) is 0 Å². The zero-order valence-corrected chi connectivity index (χ0v) is 9.95. The van der Waals surface area contributed by atoms with Crippen LogP contribution in [0.25, 0.3) is 0 Å². The number of rotatable bonds is 1. The lowest BCUT2D eigenvalue weighted by Crippen LogP contribution is -2.50. The molecule has 1 fully saturated rings. The molecule has 1 amide bonds. The monoisotopic (exact) mass is 223 g/mol. The molecule has 0 N–H and O–H groups in total. The number of hydrogen-bond acceptors (Lipinski definition) is 3. The largest absolute Gasteiger partial charge is 0.456 e. The zero-order chi connectivity index (χ0) is 11.8. The van der Waals surface area contributed by atoms with Gasteiger partial charge < -0.3 is 14.1 Å². The van der Waals surface area contributed by atoms with Gasteiger partial charge in [0.15, 0.2) is 5.76 Å². The highest BCUT2D eigenvalue weighted by molar-refractivity contribution is 5.91. The van der Waals surface area contributed by atoms with Gasteiger partial charge in [-0.3, -0.25) is 4.79 Å². The molecule has 0 unspecified atom stereocenters. The topological polar surface area (TPSA) is 42.7 Å². The minimum atomic E-state index is -0.268. The smallest absolute Gasteiger partial charge is 0.289 e. The zero-order valence-electron chi connectivity index (χ0n) is 9.95. The number of carbonyl (C=O) groups is 1. The molecule has 2 heterocycles. The molecule has 1 saturated heterocycles. The Bertz CT molecular complexity index is 395. The van der Waals surface area contributed by atoms with Crippen LogP contribution in [-0.4, -0.2) is 36.1 Å². The Morgan fingerprint density at radius 2 is 2.19 bits per heavy atom. The summed E-state index contributed by atoms with van der Waals surface area (Å²) in [6.45, 7) is 7.62. The van der Waals surface area contributed by atoms with E-state index in [0.29, 0.717) is 25.5 Å². The van der Waals surface area contributed by atoms with Crippen LogP contribution < -0.4 is 0 Å². The summed E-state index contributed by atoms with van der Waals surface area (Å²) in [4.78, 5) is 13.9. The number of hydrogen-bond donors (Lipinski definition) is 0. The van der Waals surface area contributed by atoms with Crippen molar-refractivity contribution in [3.63, 3.8) is 0 Å². The molecule has 4 heteroatoms. The van der Waals surface area contributed by atoms with Crippen LogP contribution in [0.3, 0.4) is 0 Å². The lowest BCUT2D eigenvalue weighted by molar-refractivity contribution is -0.0769. The summed E-state index contributed by atoms with van der Waals surface area (Å²) >= 11 is 0. The molecule has 0 spiro atoms. The van der Waals surface area contributed by atoms with E-state index in [4.69, 9.17) is 9.15 Å². The van der Waals surface area contributed by atoms with Crippen molar-refractivity contribution in [3.05, 3.63) is 23.7 Å². The van der Waals surface area contributed by atoms with Gasteiger partial charge in [0.1, 0.15) is 5.76 Å². The van der Waals surface area contributed by atoms with Crippen molar-refractivity contribution in [3.8, 4) is 0 Å². The van der Waals surface area contributed by atoms with Crippen molar-refractivity contribution in [2.24, 2.45) is 0 Å². The fraction of sp³-hybridized carbons (Fsp3) is 0.583. The van der Waals surface area contributed by atoms with Gasteiger partial charge in [-0.25, -0.2) is 0 Å². The van der Waals surface area contributed by atoms with Crippen molar-refractivity contribution in [1.82, 2.24) is 4.90 Å². The van der Waals surface area contributed by atoms with Gasteiger partial charge in [0.25, 0.3) is 5.91 Å². The van der Waals surface area contributed by atoms with E-state index in [1.165, 1.54) is 0 Å². The quantitative estimate of drug-likeness (QED) is 0.729. The van der Waals surface area contributed by atoms with Gasteiger partial charge in [0.2, 0.25) is 0 Å². The highest BCUT2D eigenvalue weighted by atomic mass is 16.5. The average molecular weight is 223 g/mol. The van der Waals surface area contributed by atoms with Crippen LogP contribution in [0.1, 0.15) is 30.2 Å². The van der Waals surface area contributed by atoms with Gasteiger partial charge >= 0.3 is 0 Å². The van der Waals surface area contributed by atoms with E-state index < -0.39 is 0 Å². The standard InChI is InChI=1S/C12H17NO3/c1-9-4-5-10(16-9)11(14)13-6-7-15-12(2,3)8-13/h4-5H,6-8H2,1-3H3. The summed E-state index contributed by atoms with van der Waals surface area (Å²) in [5.41, 5.74) is -0.268. The molecule has 0 aliphatic carbocycles. The average Bonchev–Trinajstić information content (AvgIpc) is 2.62. The Balaban J connectivity index is 2.10. The first kappa shape index (κ1) is 11.2. The van der Waals surface area contributed by atoms with E-state index in [1.807, 2.05) is 20.8 Å². The summed E-state index contributed by atoms with van der Waals surface area (Å²) in [5.74, 6) is 1.12. The molecular weight excluding hydrogens is 206 g/mol. The number of ether oxygens (including phenoxy) is 1. The molecule has 2 rings (SSSR count). The number of furan rings is 1. The predicted molar refractivity (Wildman–Crippen MR) is 59.4 cm³/mol. The Labute approximate surface area is 95.2 Å². The Morgan fingerprint density at radius 3 is 2.75 bits per heavy atom. The van der Waals surface area contributed by atoms with Crippen molar-refractivity contribution >= 4 is 5.91 Å². The van der Waals surface area contributed by atoms with E-state index in [9.17, 15) is 4.79 Å². The van der Waals surface area contributed by atoms with E-state index in [-0.39, 0.29) is 11.5 Å². The van der Waals surface area contributed by atoms with Gasteiger partial charge in [-0.05, 0) is 32.9 Å². The normalized spacial score (nSPS) is 19.8. The van der Waals surface area contributed by atoms with Crippen molar-refractivity contribution in [2.75, 3.05) is 19.7 Å². The van der Waals surface area contributed by atoms with Gasteiger partial charge in [0.05, 0.1) is 12.2 Å². The fourth-order valence-electron chi connectivity index (χ4n) is 1.90. The number of carbonyl (C=O) groups excluding carboxylic acids is 1. The SMILES string of the molecule is Cc1ccc(C(=O)N2CCOC(C)(C)C2)o1. The molecule has 1 aromatic heterocycles. The molecule has 0 bridgehead atoms. The minimum Gasteiger partial charge on any atom is -0.456 e. The van der Waals surface area contributed by atoms with Crippen LogP contribution in [-0.2, 0) is 4.74 Å². The predicted octanol–water partition coefficient (Wildman–Crippen LogP) is 1.84. The van der Waals surface area contributed by atoms with Crippen LogP contribution in [0.4, 0.5) is 0 Å². The van der Waals surface area contributed by atoms with Crippen molar-refractivity contribution < 1.29 is 13.9 Å². The van der Waals surface area contributed by atoms with E-state index in [0.717, 1.165) is 5.76 Å². The van der Waals surface area contributed by atoms with Crippen LogP contribution in [0, 0.1) is 6.92 Å². The van der Waals surface area contributed by atoms with Gasteiger partial charge in [-0.1, -0.05) is 0 Å². The highest BCUT2D eigenvalue weighted by Gasteiger charge is 2.31. The maximum atomic E-state index is 12.1. The third-order valence-corrected chi connectivity index (χ3v) is 2.66. The lowest BCUT2D eigenvalue weighted by atomic mass is 10.1. The van der Waals surface area contributed by atoms with Gasteiger partial charge in [0, 0.05) is 13.1 Å². The van der Waals surface area contributed by atoms with Gasteiger partial charge in [-0.2, -0.15) is 0 Å².